The third-order valence-electron chi connectivity index (χ3n) is 4.94. The molecule has 4 heteroatoms. The Bertz CT molecular complexity index is 483. The number of nitrogens with zero attached hydrogens (tertiary/aromatic N) is 1. The predicted octanol–water partition coefficient (Wildman–Crippen LogP) is 2.11. The molecule has 0 aromatic heterocycles. The highest BCUT2D eigenvalue weighted by molar-refractivity contribution is 7.85. The summed E-state index contributed by atoms with van der Waals surface area (Å²) in [4.78, 5) is 2.64. The maximum absolute atomic E-state index is 11.6. The van der Waals surface area contributed by atoms with Gasteiger partial charge in [0.15, 0.2) is 0 Å². The highest BCUT2D eigenvalue weighted by Gasteiger charge is 2.34. The van der Waals surface area contributed by atoms with E-state index >= 15 is 0 Å². The van der Waals surface area contributed by atoms with Crippen LogP contribution in [0.15, 0.2) is 30.3 Å². The van der Waals surface area contributed by atoms with Gasteiger partial charge in [0, 0.05) is 34.9 Å². The van der Waals surface area contributed by atoms with Gasteiger partial charge >= 0.3 is 0 Å². The van der Waals surface area contributed by atoms with Gasteiger partial charge in [-0.25, -0.2) is 0 Å². The standard InChI is InChI=1S/C17H26N2OS/c1-17(15-6-3-2-4-7-15)14-19(11-5-10-18-17)16-8-12-21(20)13-9-16/h2-4,6-7,16,18H,5,8-14H2,1H3. The SMILES string of the molecule is CC1(c2ccccc2)CN(C2CCS(=O)CC2)CCCN1. The first-order chi connectivity index (χ1) is 10.2. The fourth-order valence-electron chi connectivity index (χ4n) is 3.65. The van der Waals surface area contributed by atoms with Crippen LogP contribution < -0.4 is 5.32 Å². The van der Waals surface area contributed by atoms with Crippen molar-refractivity contribution in [2.45, 2.75) is 37.8 Å². The van der Waals surface area contributed by atoms with Crippen molar-refractivity contribution in [1.82, 2.24) is 10.2 Å². The van der Waals surface area contributed by atoms with E-state index in [-0.39, 0.29) is 5.54 Å². The smallest absolute Gasteiger partial charge is 0.0535 e. The van der Waals surface area contributed by atoms with Gasteiger partial charge in [-0.15, -0.1) is 0 Å². The molecule has 1 unspecified atom stereocenters. The van der Waals surface area contributed by atoms with Crippen LogP contribution in [0.4, 0.5) is 0 Å². The Morgan fingerprint density at radius 3 is 2.67 bits per heavy atom. The third kappa shape index (κ3) is 3.55. The minimum atomic E-state index is -0.567. The fraction of sp³-hybridized carbons (Fsp3) is 0.647. The molecule has 0 saturated carbocycles. The molecule has 3 nitrogen and oxygen atoms in total. The van der Waals surface area contributed by atoms with Gasteiger partial charge in [0.05, 0.1) is 5.54 Å². The van der Waals surface area contributed by atoms with Crippen molar-refractivity contribution in [3.05, 3.63) is 35.9 Å². The van der Waals surface area contributed by atoms with E-state index in [0.29, 0.717) is 6.04 Å². The lowest BCUT2D eigenvalue weighted by molar-refractivity contribution is 0.153. The van der Waals surface area contributed by atoms with Crippen LogP contribution in [0.5, 0.6) is 0 Å². The molecular weight excluding hydrogens is 280 g/mol. The van der Waals surface area contributed by atoms with E-state index in [2.05, 4.69) is 47.5 Å². The van der Waals surface area contributed by atoms with Gasteiger partial charge in [0.2, 0.25) is 0 Å². The minimum Gasteiger partial charge on any atom is -0.307 e. The van der Waals surface area contributed by atoms with Crippen molar-refractivity contribution in [2.75, 3.05) is 31.1 Å². The van der Waals surface area contributed by atoms with Crippen molar-refractivity contribution in [1.29, 1.82) is 0 Å². The molecule has 0 bridgehead atoms. The topological polar surface area (TPSA) is 32.3 Å². The van der Waals surface area contributed by atoms with Gasteiger partial charge in [0.1, 0.15) is 0 Å². The molecule has 2 aliphatic rings. The molecule has 1 aromatic carbocycles. The molecule has 0 amide bonds. The Hall–Kier alpha value is -0.710. The summed E-state index contributed by atoms with van der Waals surface area (Å²) < 4.78 is 11.6. The largest absolute Gasteiger partial charge is 0.307 e. The highest BCUT2D eigenvalue weighted by Crippen LogP contribution is 2.27. The summed E-state index contributed by atoms with van der Waals surface area (Å²) in [6, 6.07) is 11.4. The predicted molar refractivity (Wildman–Crippen MR) is 88.9 cm³/mol. The second-order valence-corrected chi connectivity index (χ2v) is 8.22. The van der Waals surface area contributed by atoms with Gasteiger partial charge in [-0.3, -0.25) is 9.11 Å². The average molecular weight is 306 g/mol. The summed E-state index contributed by atoms with van der Waals surface area (Å²) in [6.45, 7) is 5.60. The summed E-state index contributed by atoms with van der Waals surface area (Å²) in [5.41, 5.74) is 1.39. The number of benzene rings is 1. The lowest BCUT2D eigenvalue weighted by Crippen LogP contribution is -2.50. The number of nitrogens with one attached hydrogen (secondary N) is 1. The molecule has 2 heterocycles. The Morgan fingerprint density at radius 1 is 1.24 bits per heavy atom. The van der Waals surface area contributed by atoms with Crippen LogP contribution in [0.2, 0.25) is 0 Å². The highest BCUT2D eigenvalue weighted by atomic mass is 32.2. The molecule has 2 aliphatic heterocycles. The van der Waals surface area contributed by atoms with E-state index < -0.39 is 10.8 Å². The van der Waals surface area contributed by atoms with E-state index in [0.717, 1.165) is 44.0 Å². The molecule has 2 fully saturated rings. The first-order valence-electron chi connectivity index (χ1n) is 8.07. The van der Waals surface area contributed by atoms with Crippen LogP contribution in [0.25, 0.3) is 0 Å². The fourth-order valence-corrected chi connectivity index (χ4v) is 4.92. The van der Waals surface area contributed by atoms with Crippen molar-refractivity contribution in [3.8, 4) is 0 Å². The van der Waals surface area contributed by atoms with Crippen LogP contribution in [0, 0.1) is 0 Å². The zero-order valence-electron chi connectivity index (χ0n) is 12.9. The Morgan fingerprint density at radius 2 is 1.95 bits per heavy atom. The average Bonchev–Trinajstić information content (AvgIpc) is 2.72. The first-order valence-corrected chi connectivity index (χ1v) is 9.56. The zero-order chi connectivity index (χ0) is 14.7. The quantitative estimate of drug-likeness (QED) is 0.908. The summed E-state index contributed by atoms with van der Waals surface area (Å²) in [6.07, 6.45) is 3.39. The molecule has 1 atom stereocenters. The lowest BCUT2D eigenvalue weighted by Gasteiger charge is -2.39. The van der Waals surface area contributed by atoms with Crippen LogP contribution >= 0.6 is 0 Å². The molecule has 0 radical (unpaired) electrons. The maximum atomic E-state index is 11.6. The maximum Gasteiger partial charge on any atom is 0.0535 e. The number of hydrogen-bond donors (Lipinski definition) is 1. The van der Waals surface area contributed by atoms with Crippen molar-refractivity contribution >= 4 is 10.8 Å². The summed E-state index contributed by atoms with van der Waals surface area (Å²) in [5.74, 6) is 1.77. The van der Waals surface area contributed by atoms with Crippen LogP contribution in [0.1, 0.15) is 31.7 Å². The third-order valence-corrected chi connectivity index (χ3v) is 6.32. The summed E-state index contributed by atoms with van der Waals surface area (Å²) in [5, 5.41) is 3.75. The molecule has 116 valence electrons. The van der Waals surface area contributed by atoms with Crippen LogP contribution in [-0.4, -0.2) is 46.3 Å². The van der Waals surface area contributed by atoms with Crippen molar-refractivity contribution in [3.63, 3.8) is 0 Å². The second-order valence-electron chi connectivity index (χ2n) is 6.53. The van der Waals surface area contributed by atoms with Crippen LogP contribution in [0.3, 0.4) is 0 Å². The van der Waals surface area contributed by atoms with E-state index in [1.165, 1.54) is 12.0 Å². The Kier molecular flexibility index (Phi) is 4.77. The monoisotopic (exact) mass is 306 g/mol. The molecule has 1 N–H and O–H groups in total. The van der Waals surface area contributed by atoms with Gasteiger partial charge in [-0.1, -0.05) is 30.3 Å². The van der Waals surface area contributed by atoms with Gasteiger partial charge in [-0.2, -0.15) is 0 Å². The summed E-state index contributed by atoms with van der Waals surface area (Å²) in [7, 11) is -0.567. The molecule has 2 saturated heterocycles. The Balaban J connectivity index is 1.76. The molecule has 21 heavy (non-hydrogen) atoms. The van der Waals surface area contributed by atoms with Crippen LogP contribution in [-0.2, 0) is 16.3 Å². The van der Waals surface area contributed by atoms with Gasteiger partial charge in [-0.05, 0) is 44.8 Å². The minimum absolute atomic E-state index is 0.0222. The van der Waals surface area contributed by atoms with E-state index in [4.69, 9.17) is 0 Å². The van der Waals surface area contributed by atoms with Gasteiger partial charge < -0.3 is 5.32 Å². The molecular formula is C17H26N2OS. The van der Waals surface area contributed by atoms with E-state index in [1.807, 2.05) is 0 Å². The molecule has 1 aromatic rings. The lowest BCUT2D eigenvalue weighted by atomic mass is 9.91. The van der Waals surface area contributed by atoms with E-state index in [9.17, 15) is 4.21 Å². The van der Waals surface area contributed by atoms with Gasteiger partial charge in [0.25, 0.3) is 0 Å². The zero-order valence-corrected chi connectivity index (χ0v) is 13.7. The number of hydrogen-bond acceptors (Lipinski definition) is 3. The van der Waals surface area contributed by atoms with Crippen molar-refractivity contribution in [2.24, 2.45) is 0 Å². The second kappa shape index (κ2) is 6.59. The first kappa shape index (κ1) is 15.2. The van der Waals surface area contributed by atoms with Crippen molar-refractivity contribution < 1.29 is 4.21 Å². The number of rotatable bonds is 2. The normalized spacial score (nSPS) is 35.3. The summed E-state index contributed by atoms with van der Waals surface area (Å²) >= 11 is 0. The van der Waals surface area contributed by atoms with E-state index in [1.54, 1.807) is 0 Å². The Labute approximate surface area is 130 Å². The molecule has 0 spiro atoms. The molecule has 3 rings (SSSR count). The molecule has 0 aliphatic carbocycles.